The Morgan fingerprint density at radius 3 is 3.05 bits per heavy atom. The van der Waals surface area contributed by atoms with Crippen molar-refractivity contribution in [2.24, 2.45) is 5.92 Å². The molecule has 0 aromatic carbocycles. The summed E-state index contributed by atoms with van der Waals surface area (Å²) in [6.45, 7) is 0.348. The molecule has 2 N–H and O–H groups in total. The Morgan fingerprint density at radius 2 is 2.38 bits per heavy atom. The number of hydrogen-bond donors (Lipinski definition) is 2. The molecule has 1 saturated heterocycles. The number of aromatic amines is 1. The Bertz CT molecular complexity index is 733. The SMILES string of the molecule is O=C(NCC1CCS(=O)(=O)C1)c1cc(-c2ccco2)[nH]n1. The van der Waals surface area contributed by atoms with Crippen LogP contribution in [-0.4, -0.2) is 42.6 Å². The number of sulfone groups is 1. The van der Waals surface area contributed by atoms with E-state index in [2.05, 4.69) is 15.5 Å². The Morgan fingerprint density at radius 1 is 1.52 bits per heavy atom. The van der Waals surface area contributed by atoms with Crippen LogP contribution in [0.3, 0.4) is 0 Å². The average Bonchev–Trinajstić information content (AvgIpc) is 3.15. The van der Waals surface area contributed by atoms with Crippen LogP contribution in [-0.2, 0) is 9.84 Å². The molecule has 0 spiro atoms. The number of rotatable bonds is 4. The molecular weight excluding hydrogens is 294 g/mol. The summed E-state index contributed by atoms with van der Waals surface area (Å²) in [7, 11) is -2.92. The van der Waals surface area contributed by atoms with Crippen LogP contribution in [0.1, 0.15) is 16.9 Å². The molecule has 112 valence electrons. The number of furan rings is 1. The molecule has 2 aromatic rings. The zero-order chi connectivity index (χ0) is 14.9. The molecule has 3 rings (SSSR count). The first-order chi connectivity index (χ1) is 10.0. The van der Waals surface area contributed by atoms with Gasteiger partial charge in [0.25, 0.3) is 5.91 Å². The molecule has 2 aromatic heterocycles. The van der Waals surface area contributed by atoms with Crippen LogP contribution >= 0.6 is 0 Å². The molecular formula is C13H15N3O4S. The number of carbonyl (C=O) groups is 1. The van der Waals surface area contributed by atoms with Crippen molar-refractivity contribution in [2.45, 2.75) is 6.42 Å². The minimum absolute atomic E-state index is 0.0116. The highest BCUT2D eigenvalue weighted by Gasteiger charge is 2.28. The van der Waals surface area contributed by atoms with Crippen LogP contribution in [0, 0.1) is 5.92 Å². The van der Waals surface area contributed by atoms with Crippen molar-refractivity contribution < 1.29 is 17.6 Å². The van der Waals surface area contributed by atoms with Crippen LogP contribution in [0.5, 0.6) is 0 Å². The second kappa shape index (κ2) is 5.36. The maximum atomic E-state index is 12.0. The molecule has 0 bridgehead atoms. The molecule has 1 unspecified atom stereocenters. The minimum atomic E-state index is -2.92. The Kier molecular flexibility index (Phi) is 3.54. The topological polar surface area (TPSA) is 105 Å². The summed E-state index contributed by atoms with van der Waals surface area (Å²) in [5, 5.41) is 9.38. The maximum absolute atomic E-state index is 12.0. The Hall–Kier alpha value is -2.09. The van der Waals surface area contributed by atoms with Gasteiger partial charge in [0.2, 0.25) is 0 Å². The predicted octanol–water partition coefficient (Wildman–Crippen LogP) is 0.834. The van der Waals surface area contributed by atoms with E-state index >= 15 is 0 Å². The van der Waals surface area contributed by atoms with Crippen molar-refractivity contribution >= 4 is 15.7 Å². The van der Waals surface area contributed by atoms with Gasteiger partial charge >= 0.3 is 0 Å². The zero-order valence-electron chi connectivity index (χ0n) is 11.2. The fraction of sp³-hybridized carbons (Fsp3) is 0.385. The quantitative estimate of drug-likeness (QED) is 0.870. The lowest BCUT2D eigenvalue weighted by Gasteiger charge is -2.07. The first kappa shape index (κ1) is 13.9. The molecule has 3 heterocycles. The number of aromatic nitrogens is 2. The lowest BCUT2D eigenvalue weighted by Crippen LogP contribution is -2.30. The summed E-state index contributed by atoms with van der Waals surface area (Å²) in [4.78, 5) is 12.0. The number of amides is 1. The molecule has 1 aliphatic heterocycles. The number of nitrogens with zero attached hydrogens (tertiary/aromatic N) is 1. The molecule has 1 amide bonds. The predicted molar refractivity (Wildman–Crippen MR) is 75.4 cm³/mol. The van der Waals surface area contributed by atoms with Gasteiger partial charge in [0.05, 0.1) is 17.8 Å². The van der Waals surface area contributed by atoms with E-state index in [-0.39, 0.29) is 29.0 Å². The van der Waals surface area contributed by atoms with Gasteiger partial charge in [-0.3, -0.25) is 9.89 Å². The summed E-state index contributed by atoms with van der Waals surface area (Å²) in [5.41, 5.74) is 0.871. The normalized spacial score (nSPS) is 20.5. The van der Waals surface area contributed by atoms with E-state index in [1.165, 1.54) is 6.26 Å². The molecule has 1 atom stereocenters. The van der Waals surface area contributed by atoms with Gasteiger partial charge in [0.1, 0.15) is 5.69 Å². The van der Waals surface area contributed by atoms with Crippen LogP contribution in [0.2, 0.25) is 0 Å². The van der Waals surface area contributed by atoms with Crippen molar-refractivity contribution in [3.8, 4) is 11.5 Å². The number of H-pyrrole nitrogens is 1. The van der Waals surface area contributed by atoms with Crippen molar-refractivity contribution in [3.05, 3.63) is 30.2 Å². The van der Waals surface area contributed by atoms with Gasteiger partial charge in [-0.25, -0.2) is 8.42 Å². The van der Waals surface area contributed by atoms with Crippen LogP contribution in [0.4, 0.5) is 0 Å². The van der Waals surface area contributed by atoms with Gasteiger partial charge in [-0.15, -0.1) is 0 Å². The highest BCUT2D eigenvalue weighted by atomic mass is 32.2. The molecule has 0 aliphatic carbocycles. The minimum Gasteiger partial charge on any atom is -0.463 e. The smallest absolute Gasteiger partial charge is 0.271 e. The fourth-order valence-corrected chi connectivity index (χ4v) is 4.22. The summed E-state index contributed by atoms with van der Waals surface area (Å²) in [6, 6.07) is 5.11. The Labute approximate surface area is 121 Å². The summed E-state index contributed by atoms with van der Waals surface area (Å²) in [5.74, 6) is 0.614. The van der Waals surface area contributed by atoms with Gasteiger partial charge < -0.3 is 9.73 Å². The van der Waals surface area contributed by atoms with E-state index in [9.17, 15) is 13.2 Å². The first-order valence-corrected chi connectivity index (χ1v) is 8.43. The Balaban J connectivity index is 1.59. The van der Waals surface area contributed by atoms with Gasteiger partial charge in [0, 0.05) is 12.6 Å². The van der Waals surface area contributed by atoms with Crippen molar-refractivity contribution in [1.29, 1.82) is 0 Å². The third-order valence-corrected chi connectivity index (χ3v) is 5.31. The highest BCUT2D eigenvalue weighted by Crippen LogP contribution is 2.19. The summed E-state index contributed by atoms with van der Waals surface area (Å²) < 4.78 is 27.9. The monoisotopic (exact) mass is 309 g/mol. The molecule has 7 nitrogen and oxygen atoms in total. The van der Waals surface area contributed by atoms with E-state index in [4.69, 9.17) is 4.42 Å². The number of nitrogens with one attached hydrogen (secondary N) is 2. The van der Waals surface area contributed by atoms with Gasteiger partial charge in [-0.05, 0) is 24.5 Å². The van der Waals surface area contributed by atoms with Crippen molar-refractivity contribution in [2.75, 3.05) is 18.1 Å². The van der Waals surface area contributed by atoms with Gasteiger partial charge in [-0.2, -0.15) is 5.10 Å². The molecule has 8 heteroatoms. The van der Waals surface area contributed by atoms with E-state index in [0.717, 1.165) is 0 Å². The number of carbonyl (C=O) groups excluding carboxylic acids is 1. The van der Waals surface area contributed by atoms with E-state index < -0.39 is 9.84 Å². The van der Waals surface area contributed by atoms with Crippen molar-refractivity contribution in [1.82, 2.24) is 15.5 Å². The van der Waals surface area contributed by atoms with E-state index in [1.54, 1.807) is 18.2 Å². The molecule has 0 radical (unpaired) electrons. The standard InChI is InChI=1S/C13H15N3O4S/c17-13(14-7-9-3-5-21(18,19)8-9)11-6-10(15-16-11)12-2-1-4-20-12/h1-2,4,6,9H,3,5,7-8H2,(H,14,17)(H,15,16). The third kappa shape index (κ3) is 3.15. The largest absolute Gasteiger partial charge is 0.463 e. The van der Waals surface area contributed by atoms with Gasteiger partial charge in [-0.1, -0.05) is 0 Å². The van der Waals surface area contributed by atoms with Crippen LogP contribution < -0.4 is 5.32 Å². The lowest BCUT2D eigenvalue weighted by atomic mass is 10.1. The van der Waals surface area contributed by atoms with Crippen LogP contribution in [0.15, 0.2) is 28.9 Å². The summed E-state index contributed by atoms with van der Waals surface area (Å²) >= 11 is 0. The van der Waals surface area contributed by atoms with Gasteiger partial charge in [0.15, 0.2) is 21.3 Å². The lowest BCUT2D eigenvalue weighted by molar-refractivity contribution is 0.0943. The number of hydrogen-bond acceptors (Lipinski definition) is 5. The second-order valence-electron chi connectivity index (χ2n) is 5.12. The van der Waals surface area contributed by atoms with Crippen molar-refractivity contribution in [3.63, 3.8) is 0 Å². The average molecular weight is 309 g/mol. The molecule has 0 saturated carbocycles. The second-order valence-corrected chi connectivity index (χ2v) is 7.35. The fourth-order valence-electron chi connectivity index (χ4n) is 2.36. The maximum Gasteiger partial charge on any atom is 0.271 e. The molecule has 1 fully saturated rings. The van der Waals surface area contributed by atoms with Crippen LogP contribution in [0.25, 0.3) is 11.5 Å². The molecule has 21 heavy (non-hydrogen) atoms. The van der Waals surface area contributed by atoms with E-state index in [1.807, 2.05) is 0 Å². The first-order valence-electron chi connectivity index (χ1n) is 6.61. The summed E-state index contributed by atoms with van der Waals surface area (Å²) in [6.07, 6.45) is 2.14. The zero-order valence-corrected chi connectivity index (χ0v) is 12.0. The van der Waals surface area contributed by atoms with E-state index in [0.29, 0.717) is 24.4 Å². The molecule has 1 aliphatic rings. The highest BCUT2D eigenvalue weighted by molar-refractivity contribution is 7.91. The third-order valence-electron chi connectivity index (χ3n) is 3.48.